The Balaban J connectivity index is 2.01. The lowest BCUT2D eigenvalue weighted by Crippen LogP contribution is -2.17. The number of thiophene rings is 1. The molecule has 2 aromatic rings. The van der Waals surface area contributed by atoms with Gasteiger partial charge in [0.15, 0.2) is 0 Å². The third kappa shape index (κ3) is 3.32. The zero-order valence-corrected chi connectivity index (χ0v) is 12.9. The first-order valence-corrected chi connectivity index (χ1v) is 7.53. The lowest BCUT2D eigenvalue weighted by atomic mass is 10.1. The Morgan fingerprint density at radius 3 is 2.83 bits per heavy atom. The van der Waals surface area contributed by atoms with Gasteiger partial charge in [-0.05, 0) is 52.0 Å². The van der Waals surface area contributed by atoms with Crippen molar-refractivity contribution in [1.29, 1.82) is 0 Å². The second-order valence-corrected chi connectivity index (χ2v) is 6.23. The number of nitrogens with one attached hydrogen (secondary N) is 1. The maximum Gasteiger partial charge on any atom is 0.141 e. The van der Waals surface area contributed by atoms with E-state index in [1.807, 2.05) is 18.4 Å². The number of rotatable bonds is 4. The van der Waals surface area contributed by atoms with Gasteiger partial charge >= 0.3 is 0 Å². The Hall–Kier alpha value is -0.420. The van der Waals surface area contributed by atoms with Gasteiger partial charge in [0.2, 0.25) is 0 Å². The predicted molar refractivity (Wildman–Crippen MR) is 78.7 cm³/mol. The van der Waals surface area contributed by atoms with E-state index in [9.17, 15) is 4.39 Å². The smallest absolute Gasteiger partial charge is 0.141 e. The van der Waals surface area contributed by atoms with E-state index in [0.717, 1.165) is 16.6 Å². The molecule has 5 heteroatoms. The fourth-order valence-electron chi connectivity index (χ4n) is 1.60. The quantitative estimate of drug-likeness (QED) is 0.805. The van der Waals surface area contributed by atoms with Gasteiger partial charge in [-0.2, -0.15) is 0 Å². The van der Waals surface area contributed by atoms with E-state index in [2.05, 4.69) is 21.2 Å². The first kappa shape index (κ1) is 14.0. The average Bonchev–Trinajstić information content (AvgIpc) is 2.75. The van der Waals surface area contributed by atoms with Gasteiger partial charge in [0.1, 0.15) is 5.82 Å². The van der Waals surface area contributed by atoms with E-state index in [1.165, 1.54) is 10.9 Å². The minimum Gasteiger partial charge on any atom is -0.305 e. The fourth-order valence-corrected chi connectivity index (χ4v) is 3.23. The molecule has 0 radical (unpaired) electrons. The summed E-state index contributed by atoms with van der Waals surface area (Å²) >= 11 is 11.0. The summed E-state index contributed by atoms with van der Waals surface area (Å²) in [6.45, 7) is 2.81. The maximum atomic E-state index is 13.1. The van der Waals surface area contributed by atoms with E-state index in [-0.39, 0.29) is 16.9 Å². The van der Waals surface area contributed by atoms with Crippen molar-refractivity contribution in [3.63, 3.8) is 0 Å². The lowest BCUT2D eigenvalue weighted by Gasteiger charge is -2.14. The third-order valence-corrected chi connectivity index (χ3v) is 4.92. The Morgan fingerprint density at radius 1 is 1.44 bits per heavy atom. The van der Waals surface area contributed by atoms with Crippen LogP contribution < -0.4 is 5.32 Å². The van der Waals surface area contributed by atoms with Crippen LogP contribution in [0.4, 0.5) is 4.39 Å². The first-order valence-electron chi connectivity index (χ1n) is 5.48. The van der Waals surface area contributed by atoms with E-state index in [4.69, 9.17) is 11.6 Å². The summed E-state index contributed by atoms with van der Waals surface area (Å²) in [4.78, 5) is 1.25. The van der Waals surface area contributed by atoms with Crippen molar-refractivity contribution >= 4 is 38.9 Å². The van der Waals surface area contributed by atoms with Crippen LogP contribution in [0.5, 0.6) is 0 Å². The summed E-state index contributed by atoms with van der Waals surface area (Å²) in [6, 6.07) is 6.97. The van der Waals surface area contributed by atoms with Crippen molar-refractivity contribution in [3.8, 4) is 0 Å². The molecule has 18 heavy (non-hydrogen) atoms. The topological polar surface area (TPSA) is 12.0 Å². The Labute approximate surface area is 123 Å². The summed E-state index contributed by atoms with van der Waals surface area (Å²) in [7, 11) is 0. The zero-order chi connectivity index (χ0) is 13.1. The molecule has 0 aliphatic rings. The van der Waals surface area contributed by atoms with Crippen molar-refractivity contribution in [1.82, 2.24) is 5.32 Å². The highest BCUT2D eigenvalue weighted by atomic mass is 79.9. The zero-order valence-electron chi connectivity index (χ0n) is 9.71. The summed E-state index contributed by atoms with van der Waals surface area (Å²) < 4.78 is 14.2. The van der Waals surface area contributed by atoms with Crippen LogP contribution in [0.3, 0.4) is 0 Å². The summed E-state index contributed by atoms with van der Waals surface area (Å²) in [5.74, 6) is -0.381. The molecular formula is C13H12BrClFNS. The van der Waals surface area contributed by atoms with Crippen LogP contribution in [0.1, 0.15) is 23.4 Å². The summed E-state index contributed by atoms with van der Waals surface area (Å²) in [5, 5.41) is 5.60. The number of hydrogen-bond acceptors (Lipinski definition) is 2. The molecule has 1 N–H and O–H groups in total. The molecule has 0 aliphatic heterocycles. The van der Waals surface area contributed by atoms with Crippen LogP contribution in [-0.4, -0.2) is 0 Å². The Morgan fingerprint density at radius 2 is 2.22 bits per heavy atom. The van der Waals surface area contributed by atoms with Gasteiger partial charge in [0.05, 0.1) is 5.02 Å². The van der Waals surface area contributed by atoms with Crippen LogP contribution in [0, 0.1) is 5.82 Å². The highest BCUT2D eigenvalue weighted by Gasteiger charge is 2.09. The average molecular weight is 349 g/mol. The highest BCUT2D eigenvalue weighted by Crippen LogP contribution is 2.24. The standard InChI is InChI=1S/C13H12BrClFNS/c1-8(9-2-3-12(16)11(15)6-9)17-7-13-10(14)4-5-18-13/h2-6,8,17H,7H2,1H3. The van der Waals surface area contributed by atoms with E-state index in [1.54, 1.807) is 23.5 Å². The number of benzene rings is 1. The van der Waals surface area contributed by atoms with Crippen LogP contribution >= 0.6 is 38.9 Å². The Bertz CT molecular complexity index is 544. The highest BCUT2D eigenvalue weighted by molar-refractivity contribution is 9.10. The summed E-state index contributed by atoms with van der Waals surface area (Å²) in [5.41, 5.74) is 0.981. The summed E-state index contributed by atoms with van der Waals surface area (Å²) in [6.07, 6.45) is 0. The molecule has 1 heterocycles. The second-order valence-electron chi connectivity index (χ2n) is 3.97. The van der Waals surface area contributed by atoms with Gasteiger partial charge in [-0.3, -0.25) is 0 Å². The molecule has 96 valence electrons. The minimum atomic E-state index is -0.381. The number of halogens is 3. The van der Waals surface area contributed by atoms with Gasteiger partial charge in [-0.1, -0.05) is 17.7 Å². The molecule has 0 spiro atoms. The number of hydrogen-bond donors (Lipinski definition) is 1. The van der Waals surface area contributed by atoms with Crippen molar-refractivity contribution in [2.45, 2.75) is 19.5 Å². The van der Waals surface area contributed by atoms with E-state index < -0.39 is 0 Å². The molecule has 2 rings (SSSR count). The predicted octanol–water partition coefficient (Wildman–Crippen LogP) is 5.15. The van der Waals surface area contributed by atoms with Crippen molar-refractivity contribution in [3.05, 3.63) is 55.4 Å². The lowest BCUT2D eigenvalue weighted by molar-refractivity contribution is 0.574. The normalized spacial score (nSPS) is 12.7. The third-order valence-electron chi connectivity index (χ3n) is 2.70. The second kappa shape index (κ2) is 6.15. The molecule has 1 aromatic carbocycles. The van der Waals surface area contributed by atoms with Gasteiger partial charge in [-0.25, -0.2) is 4.39 Å². The van der Waals surface area contributed by atoms with E-state index in [0.29, 0.717) is 0 Å². The van der Waals surface area contributed by atoms with Crippen molar-refractivity contribution in [2.24, 2.45) is 0 Å². The SMILES string of the molecule is CC(NCc1sccc1Br)c1ccc(F)c(Cl)c1. The van der Waals surface area contributed by atoms with Gasteiger partial charge in [-0.15, -0.1) is 11.3 Å². The molecule has 0 saturated carbocycles. The van der Waals surface area contributed by atoms with Crippen LogP contribution in [-0.2, 0) is 6.54 Å². The van der Waals surface area contributed by atoms with Crippen molar-refractivity contribution in [2.75, 3.05) is 0 Å². The molecular weight excluding hydrogens is 337 g/mol. The molecule has 1 aromatic heterocycles. The molecule has 1 unspecified atom stereocenters. The van der Waals surface area contributed by atoms with Crippen molar-refractivity contribution < 1.29 is 4.39 Å². The van der Waals surface area contributed by atoms with Gasteiger partial charge in [0.25, 0.3) is 0 Å². The Kier molecular flexibility index (Phi) is 4.78. The first-order chi connectivity index (χ1) is 8.58. The minimum absolute atomic E-state index is 0.122. The molecule has 1 atom stereocenters. The van der Waals surface area contributed by atoms with Gasteiger partial charge in [0, 0.05) is 21.9 Å². The largest absolute Gasteiger partial charge is 0.305 e. The monoisotopic (exact) mass is 347 g/mol. The van der Waals surface area contributed by atoms with E-state index >= 15 is 0 Å². The molecule has 1 nitrogen and oxygen atoms in total. The molecule has 0 aliphatic carbocycles. The molecule has 0 amide bonds. The van der Waals surface area contributed by atoms with Gasteiger partial charge < -0.3 is 5.32 Å². The molecule has 0 saturated heterocycles. The van der Waals surface area contributed by atoms with Crippen LogP contribution in [0.25, 0.3) is 0 Å². The molecule has 0 fully saturated rings. The molecule has 0 bridgehead atoms. The fraction of sp³-hybridized carbons (Fsp3) is 0.231. The van der Waals surface area contributed by atoms with Crippen LogP contribution in [0.2, 0.25) is 5.02 Å². The maximum absolute atomic E-state index is 13.1. The van der Waals surface area contributed by atoms with Crippen LogP contribution in [0.15, 0.2) is 34.1 Å².